The smallest absolute Gasteiger partial charge is 0.239 e. The van der Waals surface area contributed by atoms with Gasteiger partial charge in [0, 0.05) is 26.2 Å². The molecule has 3 aromatic rings. The van der Waals surface area contributed by atoms with Crippen LogP contribution in [0, 0.1) is 28.5 Å². The summed E-state index contributed by atoms with van der Waals surface area (Å²) in [7, 11) is 0. The van der Waals surface area contributed by atoms with Crippen molar-refractivity contribution >= 4 is 17.4 Å². The van der Waals surface area contributed by atoms with E-state index in [1.807, 2.05) is 46.2 Å². The van der Waals surface area contributed by atoms with Gasteiger partial charge in [-0.3, -0.25) is 9.69 Å². The molecule has 0 saturated carbocycles. The van der Waals surface area contributed by atoms with Crippen molar-refractivity contribution in [3.8, 4) is 17.8 Å². The number of amides is 1. The molecule has 1 saturated heterocycles. The van der Waals surface area contributed by atoms with E-state index in [2.05, 4.69) is 16.5 Å². The number of rotatable bonds is 5. The average molecular weight is 429 g/mol. The molecule has 1 aliphatic rings. The fraction of sp³-hybridized carbons (Fsp3) is 0.217. The normalized spacial score (nSPS) is 13.9. The molecule has 0 aliphatic carbocycles. The molecule has 2 heterocycles. The predicted molar refractivity (Wildman–Crippen MR) is 117 cm³/mol. The van der Waals surface area contributed by atoms with Crippen molar-refractivity contribution in [1.82, 2.24) is 14.7 Å². The topological polar surface area (TPSA) is 101 Å². The number of halogens is 1. The van der Waals surface area contributed by atoms with Gasteiger partial charge >= 0.3 is 0 Å². The summed E-state index contributed by atoms with van der Waals surface area (Å²) >= 11 is 0. The molecule has 1 aliphatic heterocycles. The second kappa shape index (κ2) is 9.29. The number of aromatic nitrogens is 2. The Balaban J connectivity index is 1.40. The van der Waals surface area contributed by atoms with E-state index in [0.717, 1.165) is 5.69 Å². The Morgan fingerprint density at radius 2 is 1.78 bits per heavy atom. The van der Waals surface area contributed by atoms with Crippen molar-refractivity contribution in [1.29, 1.82) is 10.5 Å². The van der Waals surface area contributed by atoms with Crippen LogP contribution in [-0.2, 0) is 4.79 Å². The number of anilines is 2. The van der Waals surface area contributed by atoms with Crippen LogP contribution >= 0.6 is 0 Å². The number of hydrogen-bond donors (Lipinski definition) is 1. The van der Waals surface area contributed by atoms with Crippen molar-refractivity contribution in [3.63, 3.8) is 0 Å². The number of piperazine rings is 1. The Kier molecular flexibility index (Phi) is 6.11. The van der Waals surface area contributed by atoms with Crippen molar-refractivity contribution in [2.75, 3.05) is 42.9 Å². The predicted octanol–water partition coefficient (Wildman–Crippen LogP) is 2.52. The molecule has 1 fully saturated rings. The molecule has 0 unspecified atom stereocenters. The quantitative estimate of drug-likeness (QED) is 0.669. The highest BCUT2D eigenvalue weighted by atomic mass is 19.1. The van der Waals surface area contributed by atoms with Gasteiger partial charge < -0.3 is 10.2 Å². The van der Waals surface area contributed by atoms with Gasteiger partial charge in [0.25, 0.3) is 0 Å². The summed E-state index contributed by atoms with van der Waals surface area (Å²) in [6.07, 6.45) is 1.42. The summed E-state index contributed by atoms with van der Waals surface area (Å²) in [5.74, 6) is -0.452. The van der Waals surface area contributed by atoms with Gasteiger partial charge in [0.1, 0.15) is 29.1 Å². The van der Waals surface area contributed by atoms with E-state index in [1.54, 1.807) is 12.1 Å². The zero-order valence-corrected chi connectivity index (χ0v) is 17.2. The van der Waals surface area contributed by atoms with Gasteiger partial charge in [0.2, 0.25) is 5.91 Å². The lowest BCUT2D eigenvalue weighted by Crippen LogP contribution is -2.49. The summed E-state index contributed by atoms with van der Waals surface area (Å²) in [6.45, 7) is 2.44. The summed E-state index contributed by atoms with van der Waals surface area (Å²) in [6, 6.07) is 17.8. The van der Waals surface area contributed by atoms with E-state index >= 15 is 0 Å². The van der Waals surface area contributed by atoms with Crippen molar-refractivity contribution in [2.24, 2.45) is 0 Å². The molecule has 0 bridgehead atoms. The summed E-state index contributed by atoms with van der Waals surface area (Å²) in [5.41, 5.74) is 1.63. The number of nitriles is 2. The zero-order valence-electron chi connectivity index (χ0n) is 17.2. The van der Waals surface area contributed by atoms with Crippen LogP contribution in [0.1, 0.15) is 11.1 Å². The Morgan fingerprint density at radius 3 is 2.47 bits per heavy atom. The van der Waals surface area contributed by atoms with Crippen LogP contribution < -0.4 is 10.2 Å². The molecule has 4 rings (SSSR count). The van der Waals surface area contributed by atoms with Crippen LogP contribution in [-0.4, -0.2) is 53.3 Å². The summed E-state index contributed by atoms with van der Waals surface area (Å²) in [4.78, 5) is 16.6. The third-order valence-electron chi connectivity index (χ3n) is 5.33. The molecule has 0 radical (unpaired) electrons. The van der Waals surface area contributed by atoms with E-state index < -0.39 is 5.82 Å². The summed E-state index contributed by atoms with van der Waals surface area (Å²) in [5, 5.41) is 25.7. The van der Waals surface area contributed by atoms with Crippen LogP contribution in [0.15, 0.2) is 54.7 Å². The van der Waals surface area contributed by atoms with Gasteiger partial charge in [0.15, 0.2) is 5.82 Å². The number of carbonyl (C=O) groups is 1. The first-order valence-electron chi connectivity index (χ1n) is 10.1. The third kappa shape index (κ3) is 4.29. The second-order valence-electron chi connectivity index (χ2n) is 7.32. The molecule has 9 heteroatoms. The van der Waals surface area contributed by atoms with E-state index in [-0.39, 0.29) is 23.6 Å². The highest BCUT2D eigenvalue weighted by Gasteiger charge is 2.23. The Hall–Kier alpha value is -4.21. The lowest BCUT2D eigenvalue weighted by atomic mass is 10.1. The second-order valence-corrected chi connectivity index (χ2v) is 7.32. The van der Waals surface area contributed by atoms with Gasteiger partial charge in [-0.2, -0.15) is 15.6 Å². The van der Waals surface area contributed by atoms with Crippen molar-refractivity contribution in [3.05, 3.63) is 71.7 Å². The molecule has 32 heavy (non-hydrogen) atoms. The molecular formula is C23H20FN7O. The van der Waals surface area contributed by atoms with Crippen molar-refractivity contribution < 1.29 is 9.18 Å². The molecule has 8 nitrogen and oxygen atoms in total. The molecule has 1 aromatic heterocycles. The number of nitrogens with zero attached hydrogens (tertiary/aromatic N) is 6. The van der Waals surface area contributed by atoms with Crippen LogP contribution in [0.5, 0.6) is 0 Å². The molecular weight excluding hydrogens is 409 g/mol. The molecule has 2 aromatic carbocycles. The highest BCUT2D eigenvalue weighted by Crippen LogP contribution is 2.24. The first kappa shape index (κ1) is 21.0. The maximum Gasteiger partial charge on any atom is 0.239 e. The maximum absolute atomic E-state index is 13.9. The zero-order chi connectivity index (χ0) is 22.5. The van der Waals surface area contributed by atoms with Gasteiger partial charge in [0.05, 0.1) is 24.1 Å². The largest absolute Gasteiger partial charge is 0.368 e. The standard InChI is InChI=1S/C23H20FN7O/c24-20-7-4-8-21(19(20)14-26)30-11-9-29(10-12-30)16-22(32)28-23-17(13-25)15-27-31(23)18-5-2-1-3-6-18/h1-8,15H,9-12,16H2,(H,28,32). The minimum atomic E-state index is -0.532. The number of nitrogens with one attached hydrogen (secondary N) is 1. The SMILES string of the molecule is N#Cc1cnn(-c2ccccc2)c1NC(=O)CN1CCN(c2cccc(F)c2C#N)CC1. The molecule has 0 spiro atoms. The fourth-order valence-electron chi connectivity index (χ4n) is 3.72. The number of benzene rings is 2. The fourth-order valence-corrected chi connectivity index (χ4v) is 3.72. The third-order valence-corrected chi connectivity index (χ3v) is 5.33. The van der Waals surface area contributed by atoms with E-state index in [4.69, 9.17) is 0 Å². The Bertz CT molecular complexity index is 1200. The highest BCUT2D eigenvalue weighted by molar-refractivity contribution is 5.93. The molecule has 0 atom stereocenters. The van der Waals surface area contributed by atoms with E-state index in [9.17, 15) is 19.7 Å². The van der Waals surface area contributed by atoms with Crippen molar-refractivity contribution in [2.45, 2.75) is 0 Å². The average Bonchev–Trinajstić information content (AvgIpc) is 3.22. The van der Waals surface area contributed by atoms with Crippen LogP contribution in [0.4, 0.5) is 15.9 Å². The minimum absolute atomic E-state index is 0.0388. The van der Waals surface area contributed by atoms with E-state index in [1.165, 1.54) is 16.9 Å². The first-order chi connectivity index (χ1) is 15.6. The minimum Gasteiger partial charge on any atom is -0.368 e. The molecule has 1 N–H and O–H groups in total. The Labute approximate surface area is 184 Å². The number of para-hydroxylation sites is 1. The lowest BCUT2D eigenvalue weighted by Gasteiger charge is -2.36. The molecule has 1 amide bonds. The van der Waals surface area contributed by atoms with Gasteiger partial charge in [-0.25, -0.2) is 9.07 Å². The van der Waals surface area contributed by atoms with Gasteiger partial charge in [-0.1, -0.05) is 24.3 Å². The van der Waals surface area contributed by atoms with Crippen LogP contribution in [0.25, 0.3) is 5.69 Å². The molecule has 160 valence electrons. The van der Waals surface area contributed by atoms with Crippen LogP contribution in [0.2, 0.25) is 0 Å². The van der Waals surface area contributed by atoms with Gasteiger partial charge in [-0.15, -0.1) is 0 Å². The maximum atomic E-state index is 13.9. The van der Waals surface area contributed by atoms with E-state index in [0.29, 0.717) is 37.7 Å². The number of carbonyl (C=O) groups excluding carboxylic acids is 1. The van der Waals surface area contributed by atoms with Gasteiger partial charge in [-0.05, 0) is 24.3 Å². The lowest BCUT2D eigenvalue weighted by molar-refractivity contribution is -0.117. The first-order valence-corrected chi connectivity index (χ1v) is 10.1. The number of hydrogen-bond acceptors (Lipinski definition) is 6. The van der Waals surface area contributed by atoms with Crippen LogP contribution in [0.3, 0.4) is 0 Å². The Morgan fingerprint density at radius 1 is 1.03 bits per heavy atom. The monoisotopic (exact) mass is 429 g/mol. The summed E-state index contributed by atoms with van der Waals surface area (Å²) < 4.78 is 15.4.